The van der Waals surface area contributed by atoms with Crippen molar-refractivity contribution in [2.24, 2.45) is 0 Å². The van der Waals surface area contributed by atoms with Crippen LogP contribution in [0.15, 0.2) is 42.5 Å². The number of fused-ring (bicyclic) bond motifs is 1. The number of thioether (sulfide) groups is 1. The maximum absolute atomic E-state index is 11.7. The van der Waals surface area contributed by atoms with Crippen molar-refractivity contribution < 1.29 is 9.90 Å². The fourth-order valence-corrected chi connectivity index (χ4v) is 2.48. The van der Waals surface area contributed by atoms with Crippen molar-refractivity contribution in [1.82, 2.24) is 5.32 Å². The SMILES string of the molecule is CSC(C)CC(=O)NCC(O)c1ccc2ccccc2c1. The van der Waals surface area contributed by atoms with E-state index in [4.69, 9.17) is 0 Å². The minimum absolute atomic E-state index is 0.0170. The van der Waals surface area contributed by atoms with Crippen LogP contribution in [-0.2, 0) is 4.79 Å². The van der Waals surface area contributed by atoms with Crippen LogP contribution < -0.4 is 5.32 Å². The Morgan fingerprint density at radius 3 is 2.67 bits per heavy atom. The van der Waals surface area contributed by atoms with Crippen molar-refractivity contribution in [2.75, 3.05) is 12.8 Å². The highest BCUT2D eigenvalue weighted by Gasteiger charge is 2.12. The van der Waals surface area contributed by atoms with Crippen LogP contribution in [0.5, 0.6) is 0 Å². The molecule has 0 bridgehead atoms. The smallest absolute Gasteiger partial charge is 0.221 e. The van der Waals surface area contributed by atoms with E-state index in [0.717, 1.165) is 16.3 Å². The van der Waals surface area contributed by atoms with Crippen LogP contribution in [0.25, 0.3) is 10.8 Å². The second-order valence-electron chi connectivity index (χ2n) is 5.18. The van der Waals surface area contributed by atoms with Gasteiger partial charge in [0.25, 0.3) is 0 Å². The molecule has 21 heavy (non-hydrogen) atoms. The second kappa shape index (κ2) is 7.48. The molecule has 2 N–H and O–H groups in total. The van der Waals surface area contributed by atoms with Crippen LogP contribution in [0.1, 0.15) is 25.0 Å². The van der Waals surface area contributed by atoms with Gasteiger partial charge in [-0.15, -0.1) is 0 Å². The van der Waals surface area contributed by atoms with E-state index in [2.05, 4.69) is 5.32 Å². The minimum Gasteiger partial charge on any atom is -0.387 e. The molecular weight excluding hydrogens is 282 g/mol. The Morgan fingerprint density at radius 2 is 1.95 bits per heavy atom. The Kier molecular flexibility index (Phi) is 5.65. The predicted molar refractivity (Wildman–Crippen MR) is 89.5 cm³/mol. The molecular formula is C17H21NO2S. The number of carbonyl (C=O) groups excluding carboxylic acids is 1. The van der Waals surface area contributed by atoms with E-state index in [-0.39, 0.29) is 12.5 Å². The van der Waals surface area contributed by atoms with Crippen molar-refractivity contribution >= 4 is 28.4 Å². The zero-order valence-corrected chi connectivity index (χ0v) is 13.2. The summed E-state index contributed by atoms with van der Waals surface area (Å²) in [6.07, 6.45) is 1.79. The molecule has 0 aliphatic rings. The summed E-state index contributed by atoms with van der Waals surface area (Å²) in [7, 11) is 0. The van der Waals surface area contributed by atoms with Crippen molar-refractivity contribution in [1.29, 1.82) is 0 Å². The summed E-state index contributed by atoms with van der Waals surface area (Å²) in [5.41, 5.74) is 0.826. The Bertz CT molecular complexity index is 615. The first-order valence-corrected chi connectivity index (χ1v) is 8.35. The average Bonchev–Trinajstić information content (AvgIpc) is 2.51. The lowest BCUT2D eigenvalue weighted by Gasteiger charge is -2.14. The van der Waals surface area contributed by atoms with E-state index in [1.54, 1.807) is 11.8 Å². The van der Waals surface area contributed by atoms with Gasteiger partial charge in [0, 0.05) is 18.2 Å². The van der Waals surface area contributed by atoms with Gasteiger partial charge >= 0.3 is 0 Å². The Labute approximate surface area is 129 Å². The van der Waals surface area contributed by atoms with E-state index in [1.165, 1.54) is 0 Å². The summed E-state index contributed by atoms with van der Waals surface area (Å²) >= 11 is 1.66. The fourth-order valence-electron chi connectivity index (χ4n) is 2.16. The van der Waals surface area contributed by atoms with Crippen molar-refractivity contribution in [2.45, 2.75) is 24.7 Å². The van der Waals surface area contributed by atoms with E-state index in [0.29, 0.717) is 11.7 Å². The number of benzene rings is 2. The molecule has 0 heterocycles. The van der Waals surface area contributed by atoms with Crippen LogP contribution in [-0.4, -0.2) is 29.1 Å². The lowest BCUT2D eigenvalue weighted by molar-refractivity contribution is -0.121. The molecule has 2 aromatic rings. The molecule has 0 aliphatic heterocycles. The molecule has 2 atom stereocenters. The molecule has 2 unspecified atom stereocenters. The first-order valence-electron chi connectivity index (χ1n) is 7.06. The highest BCUT2D eigenvalue weighted by atomic mass is 32.2. The van der Waals surface area contributed by atoms with E-state index < -0.39 is 6.10 Å². The number of hydrogen-bond donors (Lipinski definition) is 2. The van der Waals surface area contributed by atoms with E-state index >= 15 is 0 Å². The Morgan fingerprint density at radius 1 is 1.24 bits per heavy atom. The maximum atomic E-state index is 11.7. The van der Waals surface area contributed by atoms with Gasteiger partial charge in [-0.1, -0.05) is 43.3 Å². The number of amides is 1. The fraction of sp³-hybridized carbons (Fsp3) is 0.353. The molecule has 0 saturated heterocycles. The topological polar surface area (TPSA) is 49.3 Å². The van der Waals surface area contributed by atoms with Crippen molar-refractivity contribution in [3.8, 4) is 0 Å². The number of nitrogens with one attached hydrogen (secondary N) is 1. The number of rotatable bonds is 6. The number of carbonyl (C=O) groups is 1. The van der Waals surface area contributed by atoms with Gasteiger partial charge in [-0.2, -0.15) is 11.8 Å². The molecule has 2 aromatic carbocycles. The summed E-state index contributed by atoms with van der Waals surface area (Å²) in [4.78, 5) is 11.7. The van der Waals surface area contributed by atoms with E-state index in [1.807, 2.05) is 55.6 Å². The molecule has 1 amide bonds. The molecule has 0 radical (unpaired) electrons. The molecule has 3 nitrogen and oxygen atoms in total. The molecule has 4 heteroatoms. The van der Waals surface area contributed by atoms with Crippen LogP contribution in [0.2, 0.25) is 0 Å². The van der Waals surface area contributed by atoms with Crippen LogP contribution >= 0.6 is 11.8 Å². The first kappa shape index (κ1) is 15.9. The standard InChI is InChI=1S/C17H21NO2S/c1-12(21-2)9-17(20)18-11-16(19)15-8-7-13-5-3-4-6-14(13)10-15/h3-8,10,12,16,19H,9,11H2,1-2H3,(H,18,20). The summed E-state index contributed by atoms with van der Waals surface area (Å²) in [6, 6.07) is 13.9. The Hall–Kier alpha value is -1.52. The molecule has 0 fully saturated rings. The molecule has 0 aliphatic carbocycles. The Balaban J connectivity index is 1.95. The third kappa shape index (κ3) is 4.48. The summed E-state index contributed by atoms with van der Waals surface area (Å²) in [6.45, 7) is 2.27. The largest absolute Gasteiger partial charge is 0.387 e. The van der Waals surface area contributed by atoms with Gasteiger partial charge in [0.1, 0.15) is 0 Å². The maximum Gasteiger partial charge on any atom is 0.221 e. The van der Waals surface area contributed by atoms with Gasteiger partial charge in [-0.05, 0) is 28.7 Å². The molecule has 2 rings (SSSR count). The highest BCUT2D eigenvalue weighted by Crippen LogP contribution is 2.20. The first-order chi connectivity index (χ1) is 10.1. The normalized spacial score (nSPS) is 13.9. The van der Waals surface area contributed by atoms with Gasteiger partial charge in [0.2, 0.25) is 5.91 Å². The van der Waals surface area contributed by atoms with Gasteiger partial charge in [0.15, 0.2) is 0 Å². The third-order valence-corrected chi connectivity index (χ3v) is 4.50. The van der Waals surface area contributed by atoms with Gasteiger partial charge in [0.05, 0.1) is 6.10 Å². The molecule has 0 aromatic heterocycles. The quantitative estimate of drug-likeness (QED) is 0.862. The number of aliphatic hydroxyl groups excluding tert-OH is 1. The summed E-state index contributed by atoms with van der Waals surface area (Å²) in [5, 5.41) is 15.5. The lowest BCUT2D eigenvalue weighted by atomic mass is 10.0. The van der Waals surface area contributed by atoms with Crippen molar-refractivity contribution in [3.05, 3.63) is 48.0 Å². The zero-order chi connectivity index (χ0) is 15.2. The predicted octanol–water partition coefficient (Wildman–Crippen LogP) is 3.13. The molecule has 0 spiro atoms. The number of aliphatic hydroxyl groups is 1. The van der Waals surface area contributed by atoms with E-state index in [9.17, 15) is 9.90 Å². The zero-order valence-electron chi connectivity index (χ0n) is 12.4. The molecule has 0 saturated carbocycles. The second-order valence-corrected chi connectivity index (χ2v) is 6.45. The highest BCUT2D eigenvalue weighted by molar-refractivity contribution is 7.99. The van der Waals surface area contributed by atoms with Crippen LogP contribution in [0.3, 0.4) is 0 Å². The van der Waals surface area contributed by atoms with Crippen LogP contribution in [0, 0.1) is 0 Å². The minimum atomic E-state index is -0.678. The van der Waals surface area contributed by atoms with Gasteiger partial charge in [-0.3, -0.25) is 4.79 Å². The van der Waals surface area contributed by atoms with Crippen molar-refractivity contribution in [3.63, 3.8) is 0 Å². The average molecular weight is 303 g/mol. The summed E-state index contributed by atoms with van der Waals surface area (Å²) < 4.78 is 0. The molecule has 112 valence electrons. The summed E-state index contributed by atoms with van der Waals surface area (Å²) in [5.74, 6) is -0.0170. The van der Waals surface area contributed by atoms with Gasteiger partial charge in [-0.25, -0.2) is 0 Å². The van der Waals surface area contributed by atoms with Crippen LogP contribution in [0.4, 0.5) is 0 Å². The number of hydrogen-bond acceptors (Lipinski definition) is 3. The lowest BCUT2D eigenvalue weighted by Crippen LogP contribution is -2.29. The van der Waals surface area contributed by atoms with Gasteiger partial charge < -0.3 is 10.4 Å². The third-order valence-electron chi connectivity index (χ3n) is 3.53. The monoisotopic (exact) mass is 303 g/mol.